The molecule has 25 heavy (non-hydrogen) atoms. The van der Waals surface area contributed by atoms with Crippen molar-refractivity contribution in [3.05, 3.63) is 116 Å². The zero-order valence-electron chi connectivity index (χ0n) is 13.1. The quantitative estimate of drug-likeness (QED) is 0.385. The van der Waals surface area contributed by atoms with Gasteiger partial charge in [0.15, 0.2) is 0 Å². The molecule has 0 atom stereocenters. The van der Waals surface area contributed by atoms with E-state index in [0.29, 0.717) is 11.1 Å². The lowest BCUT2D eigenvalue weighted by molar-refractivity contribution is -0.385. The van der Waals surface area contributed by atoms with Gasteiger partial charge in [-0.2, -0.15) is 0 Å². The van der Waals surface area contributed by atoms with Crippen LogP contribution in [-0.2, 0) is 0 Å². The first-order valence-electron chi connectivity index (χ1n) is 7.60. The second-order valence-electron chi connectivity index (χ2n) is 5.55. The summed E-state index contributed by atoms with van der Waals surface area (Å²) in [7, 11) is 0. The SMILES string of the molecule is O=[N+]([O-])c1cccc(C(c2ccccc2)c2cccc([N+](=O)[O-])c2)c1. The lowest BCUT2D eigenvalue weighted by Gasteiger charge is -2.18. The molecule has 0 radical (unpaired) electrons. The molecular weight excluding hydrogens is 320 g/mol. The van der Waals surface area contributed by atoms with Gasteiger partial charge in [-0.25, -0.2) is 0 Å². The van der Waals surface area contributed by atoms with Crippen LogP contribution in [0.4, 0.5) is 11.4 Å². The van der Waals surface area contributed by atoms with Crippen molar-refractivity contribution in [3.8, 4) is 0 Å². The van der Waals surface area contributed by atoms with Crippen LogP contribution >= 0.6 is 0 Å². The van der Waals surface area contributed by atoms with Gasteiger partial charge in [-0.1, -0.05) is 54.6 Å². The molecule has 0 saturated heterocycles. The average Bonchev–Trinajstić information content (AvgIpc) is 2.63. The molecule has 0 saturated carbocycles. The molecule has 0 N–H and O–H groups in total. The third-order valence-corrected chi connectivity index (χ3v) is 3.96. The summed E-state index contributed by atoms with van der Waals surface area (Å²) >= 11 is 0. The second-order valence-corrected chi connectivity index (χ2v) is 5.55. The summed E-state index contributed by atoms with van der Waals surface area (Å²) in [5, 5.41) is 22.2. The topological polar surface area (TPSA) is 86.3 Å². The Kier molecular flexibility index (Phi) is 4.52. The Morgan fingerprint density at radius 1 is 0.600 bits per heavy atom. The van der Waals surface area contributed by atoms with Crippen LogP contribution in [0.5, 0.6) is 0 Å². The zero-order chi connectivity index (χ0) is 17.8. The normalized spacial score (nSPS) is 10.6. The molecule has 0 unspecified atom stereocenters. The van der Waals surface area contributed by atoms with Gasteiger partial charge in [0.2, 0.25) is 0 Å². The number of rotatable bonds is 5. The Morgan fingerprint density at radius 3 is 1.48 bits per heavy atom. The Labute approximate surface area is 143 Å². The predicted octanol–water partition coefficient (Wildman–Crippen LogP) is 4.68. The van der Waals surface area contributed by atoms with Crippen molar-refractivity contribution in [2.75, 3.05) is 0 Å². The van der Waals surface area contributed by atoms with E-state index >= 15 is 0 Å². The minimum Gasteiger partial charge on any atom is -0.258 e. The molecule has 0 aromatic heterocycles. The molecule has 3 rings (SSSR count). The summed E-state index contributed by atoms with van der Waals surface area (Å²) in [5.74, 6) is -0.332. The average molecular weight is 334 g/mol. The van der Waals surface area contributed by atoms with Gasteiger partial charge < -0.3 is 0 Å². The van der Waals surface area contributed by atoms with Crippen LogP contribution in [0.3, 0.4) is 0 Å². The maximum absolute atomic E-state index is 11.1. The fraction of sp³-hybridized carbons (Fsp3) is 0.0526. The number of nitro groups is 2. The van der Waals surface area contributed by atoms with Crippen LogP contribution < -0.4 is 0 Å². The molecule has 124 valence electrons. The number of benzene rings is 3. The molecule has 0 spiro atoms. The van der Waals surface area contributed by atoms with Crippen molar-refractivity contribution >= 4 is 11.4 Å². The van der Waals surface area contributed by atoms with Gasteiger partial charge in [0, 0.05) is 30.2 Å². The predicted molar refractivity (Wildman–Crippen MR) is 93.6 cm³/mol. The zero-order valence-corrected chi connectivity index (χ0v) is 13.1. The summed E-state index contributed by atoms with van der Waals surface area (Å²) in [4.78, 5) is 21.3. The summed E-state index contributed by atoms with van der Waals surface area (Å²) in [6.07, 6.45) is 0. The van der Waals surface area contributed by atoms with Gasteiger partial charge in [0.25, 0.3) is 11.4 Å². The molecule has 0 aliphatic heterocycles. The maximum Gasteiger partial charge on any atom is 0.269 e. The van der Waals surface area contributed by atoms with E-state index in [4.69, 9.17) is 0 Å². The van der Waals surface area contributed by atoms with E-state index in [9.17, 15) is 20.2 Å². The van der Waals surface area contributed by atoms with E-state index in [1.165, 1.54) is 24.3 Å². The third-order valence-electron chi connectivity index (χ3n) is 3.96. The number of hydrogen-bond acceptors (Lipinski definition) is 4. The molecule has 0 aliphatic carbocycles. The molecule has 0 aliphatic rings. The molecule has 0 amide bonds. The van der Waals surface area contributed by atoms with Crippen LogP contribution in [0, 0.1) is 20.2 Å². The van der Waals surface area contributed by atoms with E-state index in [2.05, 4.69) is 0 Å². The van der Waals surface area contributed by atoms with Gasteiger partial charge in [0.1, 0.15) is 0 Å². The first kappa shape index (κ1) is 16.3. The van der Waals surface area contributed by atoms with Crippen LogP contribution in [0.15, 0.2) is 78.9 Å². The Balaban J connectivity index is 2.17. The molecule has 6 heteroatoms. The smallest absolute Gasteiger partial charge is 0.258 e. The van der Waals surface area contributed by atoms with Gasteiger partial charge in [0.05, 0.1) is 9.85 Å². The minimum atomic E-state index is -0.445. The first-order chi connectivity index (χ1) is 12.1. The summed E-state index contributed by atoms with van der Waals surface area (Å²) in [5.41, 5.74) is 2.30. The lowest BCUT2D eigenvalue weighted by Crippen LogP contribution is -2.04. The minimum absolute atomic E-state index is 0.0103. The van der Waals surface area contributed by atoms with Crippen molar-refractivity contribution in [3.63, 3.8) is 0 Å². The lowest BCUT2D eigenvalue weighted by atomic mass is 9.85. The van der Waals surface area contributed by atoms with Gasteiger partial charge in [-0.3, -0.25) is 20.2 Å². The highest BCUT2D eigenvalue weighted by molar-refractivity contribution is 5.49. The Bertz CT molecular complexity index is 868. The third kappa shape index (κ3) is 3.53. The highest BCUT2D eigenvalue weighted by Crippen LogP contribution is 2.34. The number of non-ortho nitro benzene ring substituents is 2. The molecular formula is C19H14N2O4. The Hall–Kier alpha value is -3.54. The van der Waals surface area contributed by atoms with E-state index in [1.807, 2.05) is 30.3 Å². The van der Waals surface area contributed by atoms with Crippen molar-refractivity contribution < 1.29 is 9.85 Å². The fourth-order valence-corrected chi connectivity index (χ4v) is 2.86. The van der Waals surface area contributed by atoms with Crippen molar-refractivity contribution in [2.45, 2.75) is 5.92 Å². The van der Waals surface area contributed by atoms with Crippen molar-refractivity contribution in [2.24, 2.45) is 0 Å². The van der Waals surface area contributed by atoms with Gasteiger partial charge in [-0.15, -0.1) is 0 Å². The van der Waals surface area contributed by atoms with Crippen LogP contribution in [-0.4, -0.2) is 9.85 Å². The summed E-state index contributed by atoms with van der Waals surface area (Å²) in [6.45, 7) is 0. The highest BCUT2D eigenvalue weighted by Gasteiger charge is 2.20. The molecule has 0 bridgehead atoms. The molecule has 0 fully saturated rings. The summed E-state index contributed by atoms with van der Waals surface area (Å²) < 4.78 is 0. The largest absolute Gasteiger partial charge is 0.269 e. The number of nitrogens with zero attached hydrogens (tertiary/aromatic N) is 2. The molecule has 3 aromatic rings. The van der Waals surface area contributed by atoms with E-state index < -0.39 is 9.85 Å². The van der Waals surface area contributed by atoms with E-state index in [0.717, 1.165) is 5.56 Å². The standard InChI is InChI=1S/C19H14N2O4/c22-20(23)17-10-4-8-15(12-17)19(14-6-2-1-3-7-14)16-9-5-11-18(13-16)21(24)25/h1-13,19H. The summed E-state index contributed by atoms with van der Waals surface area (Å²) in [6, 6.07) is 22.2. The molecule has 6 nitrogen and oxygen atoms in total. The molecule has 3 aromatic carbocycles. The Morgan fingerprint density at radius 2 is 1.04 bits per heavy atom. The van der Waals surface area contributed by atoms with Crippen LogP contribution in [0.25, 0.3) is 0 Å². The molecule has 0 heterocycles. The maximum atomic E-state index is 11.1. The van der Waals surface area contributed by atoms with E-state index in [1.54, 1.807) is 24.3 Å². The first-order valence-corrected chi connectivity index (χ1v) is 7.60. The fourth-order valence-electron chi connectivity index (χ4n) is 2.86. The van der Waals surface area contributed by atoms with E-state index in [-0.39, 0.29) is 17.3 Å². The van der Waals surface area contributed by atoms with Crippen LogP contribution in [0.1, 0.15) is 22.6 Å². The number of nitro benzene ring substituents is 2. The van der Waals surface area contributed by atoms with Gasteiger partial charge >= 0.3 is 0 Å². The second kappa shape index (κ2) is 6.92. The van der Waals surface area contributed by atoms with Gasteiger partial charge in [-0.05, 0) is 16.7 Å². The van der Waals surface area contributed by atoms with Crippen LogP contribution in [0.2, 0.25) is 0 Å². The monoisotopic (exact) mass is 334 g/mol. The van der Waals surface area contributed by atoms with Crippen molar-refractivity contribution in [1.82, 2.24) is 0 Å². The highest BCUT2D eigenvalue weighted by atomic mass is 16.6. The number of hydrogen-bond donors (Lipinski definition) is 0. The van der Waals surface area contributed by atoms with Crippen molar-refractivity contribution in [1.29, 1.82) is 0 Å².